The second-order valence-corrected chi connectivity index (χ2v) is 4.14. The van der Waals surface area contributed by atoms with Gasteiger partial charge in [0, 0.05) is 0 Å². The van der Waals surface area contributed by atoms with E-state index in [-0.39, 0.29) is 0 Å². The van der Waals surface area contributed by atoms with Gasteiger partial charge >= 0.3 is 0 Å². The number of hydrogen-bond acceptors (Lipinski definition) is 0. The Bertz CT molecular complexity index is 86.2. The maximum absolute atomic E-state index is 2.36. The Morgan fingerprint density at radius 3 is 1.55 bits per heavy atom. The first-order chi connectivity index (χ1) is 5.34. The van der Waals surface area contributed by atoms with Crippen LogP contribution in [0.5, 0.6) is 0 Å². The third-order valence-electron chi connectivity index (χ3n) is 3.32. The molecule has 2 atom stereocenters. The Morgan fingerprint density at radius 1 is 1.00 bits per heavy atom. The molecule has 2 unspecified atom stereocenters. The summed E-state index contributed by atoms with van der Waals surface area (Å²) < 4.78 is 0. The van der Waals surface area contributed by atoms with Crippen molar-refractivity contribution in [2.45, 2.75) is 58.8 Å². The molecule has 2 fully saturated rings. The molecule has 0 aromatic heterocycles. The maximum Gasteiger partial charge on any atom is -0.0391 e. The van der Waals surface area contributed by atoms with Gasteiger partial charge in [-0.05, 0) is 18.3 Å². The summed E-state index contributed by atoms with van der Waals surface area (Å²) in [5.41, 5.74) is 0. The molecule has 0 aromatic carbocycles. The minimum Gasteiger partial charge on any atom is -0.0651 e. The van der Waals surface area contributed by atoms with Gasteiger partial charge in [0.1, 0.15) is 0 Å². The van der Waals surface area contributed by atoms with Gasteiger partial charge < -0.3 is 0 Å². The summed E-state index contributed by atoms with van der Waals surface area (Å²) in [6.07, 6.45) is 10.4. The average Bonchev–Trinajstić information content (AvgIpc) is 1.82. The van der Waals surface area contributed by atoms with E-state index in [1.54, 1.807) is 0 Å². The molecule has 2 rings (SSSR count). The highest BCUT2D eigenvalue weighted by atomic mass is 14.3. The van der Waals surface area contributed by atoms with Crippen LogP contribution in [-0.2, 0) is 0 Å². The topological polar surface area (TPSA) is 0 Å². The predicted molar refractivity (Wildman–Crippen MR) is 50.6 cm³/mol. The van der Waals surface area contributed by atoms with Gasteiger partial charge in [-0.2, -0.15) is 0 Å². The smallest absolute Gasteiger partial charge is 0.0391 e. The van der Waals surface area contributed by atoms with E-state index in [0.29, 0.717) is 0 Å². The molecule has 0 heterocycles. The van der Waals surface area contributed by atoms with Gasteiger partial charge in [-0.3, -0.25) is 0 Å². The van der Waals surface area contributed by atoms with Gasteiger partial charge in [-0.15, -0.1) is 0 Å². The summed E-state index contributed by atoms with van der Waals surface area (Å²) in [6.45, 7) is 4.65. The fourth-order valence-electron chi connectivity index (χ4n) is 1.59. The summed E-state index contributed by atoms with van der Waals surface area (Å²) in [5, 5.41) is 0. The minimum absolute atomic E-state index is 1.05. The number of hydrogen-bond donors (Lipinski definition) is 0. The van der Waals surface area contributed by atoms with Crippen molar-refractivity contribution in [3.8, 4) is 0 Å². The van der Waals surface area contributed by atoms with Crippen molar-refractivity contribution in [2.24, 2.45) is 11.8 Å². The van der Waals surface area contributed by atoms with Crippen molar-refractivity contribution in [3.05, 3.63) is 0 Å². The van der Waals surface area contributed by atoms with Crippen LogP contribution < -0.4 is 0 Å². The summed E-state index contributed by atoms with van der Waals surface area (Å²) in [7, 11) is 0. The van der Waals surface area contributed by atoms with Crippen molar-refractivity contribution < 1.29 is 0 Å². The summed E-state index contributed by atoms with van der Waals surface area (Å²) in [6, 6.07) is 0. The normalized spacial score (nSPS) is 34.4. The standard InChI is InChI=1S/C7H14.C4H8/c1-3-7-5-4-6(7)2;1-2-4-3-1/h6-7H,3-5H2,1-2H3;1-4H2. The molecule has 0 amide bonds. The number of rotatable bonds is 1. The highest BCUT2D eigenvalue weighted by Crippen LogP contribution is 2.35. The lowest BCUT2D eigenvalue weighted by atomic mass is 9.74. The summed E-state index contributed by atoms with van der Waals surface area (Å²) >= 11 is 0. The molecular formula is C11H22. The Morgan fingerprint density at radius 2 is 1.55 bits per heavy atom. The Labute approximate surface area is 71.4 Å². The first-order valence-electron chi connectivity index (χ1n) is 5.34. The second kappa shape index (κ2) is 4.79. The highest BCUT2D eigenvalue weighted by molar-refractivity contribution is 4.75. The molecule has 0 aromatic rings. The molecule has 11 heavy (non-hydrogen) atoms. The molecular weight excluding hydrogens is 132 g/mol. The molecule has 0 aliphatic heterocycles. The SMILES string of the molecule is C1CCC1.CCC1CCC1C. The molecule has 0 saturated heterocycles. The Hall–Kier alpha value is 0. The molecule has 0 spiro atoms. The van der Waals surface area contributed by atoms with E-state index in [0.717, 1.165) is 11.8 Å². The monoisotopic (exact) mass is 154 g/mol. The minimum atomic E-state index is 1.05. The molecule has 66 valence electrons. The third-order valence-corrected chi connectivity index (χ3v) is 3.32. The van der Waals surface area contributed by atoms with Gasteiger partial charge in [0.2, 0.25) is 0 Å². The molecule has 0 bridgehead atoms. The Kier molecular flexibility index (Phi) is 3.96. The van der Waals surface area contributed by atoms with Crippen LogP contribution in [0.3, 0.4) is 0 Å². The van der Waals surface area contributed by atoms with Crippen LogP contribution in [0.1, 0.15) is 58.8 Å². The van der Waals surface area contributed by atoms with Crippen molar-refractivity contribution in [3.63, 3.8) is 0 Å². The Balaban J connectivity index is 0.000000128. The van der Waals surface area contributed by atoms with Crippen molar-refractivity contribution in [1.29, 1.82) is 0 Å². The van der Waals surface area contributed by atoms with Crippen molar-refractivity contribution in [2.75, 3.05) is 0 Å². The van der Waals surface area contributed by atoms with E-state index in [1.165, 1.54) is 44.9 Å². The van der Waals surface area contributed by atoms with Crippen LogP contribution in [0.2, 0.25) is 0 Å². The van der Waals surface area contributed by atoms with Crippen LogP contribution in [0, 0.1) is 11.8 Å². The first-order valence-corrected chi connectivity index (χ1v) is 5.34. The fourth-order valence-corrected chi connectivity index (χ4v) is 1.59. The lowest BCUT2D eigenvalue weighted by Crippen LogP contribution is -2.21. The van der Waals surface area contributed by atoms with Crippen LogP contribution in [0.4, 0.5) is 0 Å². The van der Waals surface area contributed by atoms with Crippen LogP contribution in [0.15, 0.2) is 0 Å². The van der Waals surface area contributed by atoms with Gasteiger partial charge in [0.15, 0.2) is 0 Å². The van der Waals surface area contributed by atoms with E-state index >= 15 is 0 Å². The molecule has 0 N–H and O–H groups in total. The fraction of sp³-hybridized carbons (Fsp3) is 1.00. The van der Waals surface area contributed by atoms with Crippen LogP contribution in [-0.4, -0.2) is 0 Å². The largest absolute Gasteiger partial charge is 0.0651 e. The molecule has 0 heteroatoms. The summed E-state index contributed by atoms with van der Waals surface area (Å²) in [4.78, 5) is 0. The van der Waals surface area contributed by atoms with E-state index in [4.69, 9.17) is 0 Å². The lowest BCUT2D eigenvalue weighted by molar-refractivity contribution is 0.190. The molecule has 2 aliphatic rings. The first kappa shape index (κ1) is 9.09. The van der Waals surface area contributed by atoms with Gasteiger partial charge in [-0.1, -0.05) is 52.4 Å². The molecule has 2 saturated carbocycles. The lowest BCUT2D eigenvalue weighted by Gasteiger charge is -2.32. The zero-order valence-electron chi connectivity index (χ0n) is 8.10. The van der Waals surface area contributed by atoms with Crippen LogP contribution >= 0.6 is 0 Å². The van der Waals surface area contributed by atoms with Crippen molar-refractivity contribution in [1.82, 2.24) is 0 Å². The predicted octanol–water partition coefficient (Wildman–Crippen LogP) is 4.00. The third kappa shape index (κ3) is 2.84. The van der Waals surface area contributed by atoms with Gasteiger partial charge in [-0.25, -0.2) is 0 Å². The van der Waals surface area contributed by atoms with Crippen molar-refractivity contribution >= 4 is 0 Å². The molecule has 0 nitrogen and oxygen atoms in total. The van der Waals surface area contributed by atoms with Gasteiger partial charge in [0.25, 0.3) is 0 Å². The molecule has 0 radical (unpaired) electrons. The average molecular weight is 154 g/mol. The summed E-state index contributed by atoms with van der Waals surface area (Å²) in [5.74, 6) is 2.13. The van der Waals surface area contributed by atoms with E-state index in [2.05, 4.69) is 13.8 Å². The van der Waals surface area contributed by atoms with E-state index in [1.807, 2.05) is 0 Å². The van der Waals surface area contributed by atoms with Crippen LogP contribution in [0.25, 0.3) is 0 Å². The maximum atomic E-state index is 2.36. The second-order valence-electron chi connectivity index (χ2n) is 4.14. The van der Waals surface area contributed by atoms with E-state index < -0.39 is 0 Å². The zero-order chi connectivity index (χ0) is 8.10. The van der Waals surface area contributed by atoms with Gasteiger partial charge in [0.05, 0.1) is 0 Å². The van der Waals surface area contributed by atoms with E-state index in [9.17, 15) is 0 Å². The highest BCUT2D eigenvalue weighted by Gasteiger charge is 2.23. The quantitative estimate of drug-likeness (QED) is 0.535. The molecule has 2 aliphatic carbocycles. The zero-order valence-corrected chi connectivity index (χ0v) is 8.10.